The number of nitrogens with zero attached hydrogens (tertiary/aromatic N) is 1. The van der Waals surface area contributed by atoms with E-state index in [0.29, 0.717) is 24.4 Å². The van der Waals surface area contributed by atoms with Gasteiger partial charge in [-0.3, -0.25) is 0 Å². The van der Waals surface area contributed by atoms with Crippen molar-refractivity contribution in [3.63, 3.8) is 0 Å². The van der Waals surface area contributed by atoms with Gasteiger partial charge in [-0.25, -0.2) is 8.42 Å². The van der Waals surface area contributed by atoms with Crippen LogP contribution in [0.4, 0.5) is 0 Å². The summed E-state index contributed by atoms with van der Waals surface area (Å²) in [5, 5.41) is 0. The van der Waals surface area contributed by atoms with Gasteiger partial charge in [0.15, 0.2) is 0 Å². The van der Waals surface area contributed by atoms with E-state index in [1.807, 2.05) is 46.8 Å². The van der Waals surface area contributed by atoms with E-state index in [4.69, 9.17) is 5.73 Å². The predicted octanol–water partition coefficient (Wildman–Crippen LogP) is 2.73. The van der Waals surface area contributed by atoms with Crippen molar-refractivity contribution in [1.29, 1.82) is 0 Å². The number of sulfonamides is 1. The second-order valence-electron chi connectivity index (χ2n) is 7.97. The fourth-order valence-corrected chi connectivity index (χ4v) is 5.01. The third-order valence-electron chi connectivity index (χ3n) is 4.59. The van der Waals surface area contributed by atoms with E-state index in [1.54, 1.807) is 16.4 Å². The molecule has 124 valence electrons. The van der Waals surface area contributed by atoms with Crippen LogP contribution >= 0.6 is 0 Å². The lowest BCUT2D eigenvalue weighted by Crippen LogP contribution is -2.54. The summed E-state index contributed by atoms with van der Waals surface area (Å²) in [6, 6.07) is 7.36. The topological polar surface area (TPSA) is 63.4 Å². The molecule has 0 amide bonds. The summed E-state index contributed by atoms with van der Waals surface area (Å²) >= 11 is 0. The van der Waals surface area contributed by atoms with E-state index >= 15 is 0 Å². The molecule has 2 rings (SSSR count). The molecule has 5 heteroatoms. The summed E-state index contributed by atoms with van der Waals surface area (Å²) in [6.07, 6.45) is 0.698. The summed E-state index contributed by atoms with van der Waals surface area (Å²) in [5.41, 5.74) is 6.57. The van der Waals surface area contributed by atoms with Crippen LogP contribution in [0, 0.1) is 5.41 Å². The number of benzene rings is 1. The van der Waals surface area contributed by atoms with Crippen LogP contribution in [0.2, 0.25) is 0 Å². The molecular weight excluding hydrogens is 296 g/mol. The molecular formula is C17H28N2O2S. The van der Waals surface area contributed by atoms with E-state index in [2.05, 4.69) is 0 Å². The number of piperidine rings is 1. The summed E-state index contributed by atoms with van der Waals surface area (Å²) in [5.74, 6) is 0. The van der Waals surface area contributed by atoms with Crippen molar-refractivity contribution in [2.45, 2.75) is 57.4 Å². The van der Waals surface area contributed by atoms with Crippen LogP contribution in [-0.4, -0.2) is 31.9 Å². The number of nitrogens with two attached hydrogens (primary N) is 1. The van der Waals surface area contributed by atoms with Crippen LogP contribution in [0.15, 0.2) is 29.2 Å². The summed E-state index contributed by atoms with van der Waals surface area (Å²) in [6.45, 7) is 11.1. The first-order chi connectivity index (χ1) is 9.96. The highest BCUT2D eigenvalue weighted by atomic mass is 32.2. The van der Waals surface area contributed by atoms with Crippen molar-refractivity contribution in [3.8, 4) is 0 Å². The standard InChI is InChI=1S/C17H28N2O2S/c1-16(2,3)13-8-6-7-9-14(13)22(20,21)19-11-10-15(18)17(4,5)12-19/h6-9,15H,10-12,18H2,1-5H3. The minimum Gasteiger partial charge on any atom is -0.327 e. The Morgan fingerprint density at radius 3 is 2.36 bits per heavy atom. The number of hydrogen-bond donors (Lipinski definition) is 1. The Bertz CT molecular complexity index is 645. The maximum Gasteiger partial charge on any atom is 0.243 e. The molecule has 1 saturated heterocycles. The van der Waals surface area contributed by atoms with Gasteiger partial charge in [0, 0.05) is 19.1 Å². The summed E-state index contributed by atoms with van der Waals surface area (Å²) < 4.78 is 27.9. The highest BCUT2D eigenvalue weighted by molar-refractivity contribution is 7.89. The van der Waals surface area contributed by atoms with Gasteiger partial charge in [-0.1, -0.05) is 52.8 Å². The lowest BCUT2D eigenvalue weighted by atomic mass is 9.81. The van der Waals surface area contributed by atoms with E-state index < -0.39 is 10.0 Å². The number of rotatable bonds is 2. The first-order valence-corrected chi connectivity index (χ1v) is 9.25. The van der Waals surface area contributed by atoms with Gasteiger partial charge in [0.2, 0.25) is 10.0 Å². The first-order valence-electron chi connectivity index (χ1n) is 7.81. The van der Waals surface area contributed by atoms with Gasteiger partial charge in [-0.05, 0) is 28.9 Å². The van der Waals surface area contributed by atoms with E-state index in [9.17, 15) is 8.42 Å². The number of hydrogen-bond acceptors (Lipinski definition) is 3. The van der Waals surface area contributed by atoms with Gasteiger partial charge >= 0.3 is 0 Å². The third kappa shape index (κ3) is 3.21. The van der Waals surface area contributed by atoms with Crippen molar-refractivity contribution >= 4 is 10.0 Å². The Balaban J connectivity index is 2.45. The van der Waals surface area contributed by atoms with Crippen molar-refractivity contribution in [3.05, 3.63) is 29.8 Å². The van der Waals surface area contributed by atoms with Gasteiger partial charge in [-0.2, -0.15) is 4.31 Å². The van der Waals surface area contributed by atoms with Crippen LogP contribution in [0.3, 0.4) is 0 Å². The molecule has 0 aliphatic carbocycles. The summed E-state index contributed by atoms with van der Waals surface area (Å²) in [7, 11) is -3.49. The van der Waals surface area contributed by atoms with Gasteiger partial charge in [0.1, 0.15) is 0 Å². The van der Waals surface area contributed by atoms with Crippen molar-refractivity contribution < 1.29 is 8.42 Å². The van der Waals surface area contributed by atoms with Crippen LogP contribution in [-0.2, 0) is 15.4 Å². The molecule has 0 spiro atoms. The van der Waals surface area contributed by atoms with Crippen LogP contribution < -0.4 is 5.73 Å². The van der Waals surface area contributed by atoms with Crippen LogP contribution in [0.25, 0.3) is 0 Å². The van der Waals surface area contributed by atoms with Crippen molar-refractivity contribution in [1.82, 2.24) is 4.31 Å². The Morgan fingerprint density at radius 1 is 1.23 bits per heavy atom. The van der Waals surface area contributed by atoms with Gasteiger partial charge in [0.05, 0.1) is 4.90 Å². The highest BCUT2D eigenvalue weighted by Crippen LogP contribution is 2.35. The van der Waals surface area contributed by atoms with Crippen molar-refractivity contribution in [2.75, 3.05) is 13.1 Å². The molecule has 1 fully saturated rings. The first kappa shape index (κ1) is 17.4. The second-order valence-corrected chi connectivity index (χ2v) is 9.87. The fourth-order valence-electron chi connectivity index (χ4n) is 2.98. The quantitative estimate of drug-likeness (QED) is 0.910. The van der Waals surface area contributed by atoms with Crippen molar-refractivity contribution in [2.24, 2.45) is 11.1 Å². The van der Waals surface area contributed by atoms with Gasteiger partial charge < -0.3 is 5.73 Å². The molecule has 1 heterocycles. The largest absolute Gasteiger partial charge is 0.327 e. The van der Waals surface area contributed by atoms with E-state index in [-0.39, 0.29) is 16.9 Å². The third-order valence-corrected chi connectivity index (χ3v) is 6.49. The fraction of sp³-hybridized carbons (Fsp3) is 0.647. The highest BCUT2D eigenvalue weighted by Gasteiger charge is 2.40. The molecule has 0 bridgehead atoms. The normalized spacial score (nSPS) is 23.5. The minimum atomic E-state index is -3.49. The average molecular weight is 324 g/mol. The maximum absolute atomic E-state index is 13.1. The SMILES string of the molecule is CC(C)(C)c1ccccc1S(=O)(=O)N1CCC(N)C(C)(C)C1. The maximum atomic E-state index is 13.1. The molecule has 2 N–H and O–H groups in total. The molecule has 4 nitrogen and oxygen atoms in total. The smallest absolute Gasteiger partial charge is 0.243 e. The molecule has 22 heavy (non-hydrogen) atoms. The molecule has 1 aromatic carbocycles. The Labute approximate surface area is 134 Å². The zero-order valence-corrected chi connectivity index (χ0v) is 15.1. The Morgan fingerprint density at radius 2 is 1.82 bits per heavy atom. The Kier molecular flexibility index (Phi) is 4.46. The molecule has 0 radical (unpaired) electrons. The zero-order valence-electron chi connectivity index (χ0n) is 14.3. The van der Waals surface area contributed by atoms with E-state index in [0.717, 1.165) is 5.56 Å². The van der Waals surface area contributed by atoms with Crippen LogP contribution in [0.1, 0.15) is 46.6 Å². The van der Waals surface area contributed by atoms with Crippen LogP contribution in [0.5, 0.6) is 0 Å². The molecule has 0 aromatic heterocycles. The van der Waals surface area contributed by atoms with E-state index in [1.165, 1.54) is 0 Å². The molecule has 1 aliphatic heterocycles. The van der Waals surface area contributed by atoms with Gasteiger partial charge in [0.25, 0.3) is 0 Å². The second kappa shape index (κ2) is 5.62. The molecule has 1 aromatic rings. The predicted molar refractivity (Wildman–Crippen MR) is 90.3 cm³/mol. The lowest BCUT2D eigenvalue weighted by molar-refractivity contribution is 0.155. The lowest BCUT2D eigenvalue weighted by Gasteiger charge is -2.42. The average Bonchev–Trinajstić information content (AvgIpc) is 2.40. The van der Waals surface area contributed by atoms with Gasteiger partial charge in [-0.15, -0.1) is 0 Å². The molecule has 1 unspecified atom stereocenters. The summed E-state index contributed by atoms with van der Waals surface area (Å²) in [4.78, 5) is 0.425. The molecule has 1 aliphatic rings. The monoisotopic (exact) mass is 324 g/mol. The molecule has 0 saturated carbocycles. The minimum absolute atomic E-state index is 0.0387. The zero-order chi connectivity index (χ0) is 16.8. The Hall–Kier alpha value is -0.910. The molecule has 1 atom stereocenters.